The van der Waals surface area contributed by atoms with Crippen molar-refractivity contribution in [2.75, 3.05) is 26.2 Å². The summed E-state index contributed by atoms with van der Waals surface area (Å²) >= 11 is 3.60. The minimum absolute atomic E-state index is 0.158. The van der Waals surface area contributed by atoms with E-state index in [0.29, 0.717) is 6.04 Å². The quantitative estimate of drug-likeness (QED) is 0.852. The molecule has 0 atom stereocenters. The summed E-state index contributed by atoms with van der Waals surface area (Å²) in [6.07, 6.45) is 2.09. The van der Waals surface area contributed by atoms with Crippen molar-refractivity contribution in [2.24, 2.45) is 0 Å². The molecule has 0 aromatic heterocycles. The largest absolute Gasteiger partial charge is 0.480 e. The lowest BCUT2D eigenvalue weighted by Gasteiger charge is -2.37. The number of benzene rings is 1. The van der Waals surface area contributed by atoms with Gasteiger partial charge >= 0.3 is 5.97 Å². The van der Waals surface area contributed by atoms with Gasteiger partial charge in [0.05, 0.1) is 6.54 Å². The molecule has 5 heteroatoms. The van der Waals surface area contributed by atoms with Gasteiger partial charge in [-0.05, 0) is 44.1 Å². The first-order chi connectivity index (χ1) is 10.1. The highest BCUT2D eigenvalue weighted by Gasteiger charge is 2.25. The fraction of sp³-hybridized carbons (Fsp3) is 0.562. The second-order valence-corrected chi connectivity index (χ2v) is 6.41. The van der Waals surface area contributed by atoms with Crippen LogP contribution in [0.3, 0.4) is 0 Å². The van der Waals surface area contributed by atoms with E-state index in [9.17, 15) is 4.79 Å². The molecular weight excluding hydrogens is 332 g/mol. The van der Waals surface area contributed by atoms with Crippen molar-refractivity contribution >= 4 is 21.9 Å². The van der Waals surface area contributed by atoms with Crippen molar-refractivity contribution < 1.29 is 9.90 Å². The molecule has 0 aliphatic carbocycles. The summed E-state index contributed by atoms with van der Waals surface area (Å²) in [7, 11) is 0. The summed E-state index contributed by atoms with van der Waals surface area (Å²) < 4.78 is 1.16. The normalized spacial score (nSPS) is 17.3. The van der Waals surface area contributed by atoms with E-state index in [0.717, 1.165) is 43.5 Å². The zero-order valence-electron chi connectivity index (χ0n) is 12.5. The van der Waals surface area contributed by atoms with E-state index in [-0.39, 0.29) is 6.54 Å². The third kappa shape index (κ3) is 4.80. The number of hydrogen-bond acceptors (Lipinski definition) is 3. The Bertz CT molecular complexity index is 473. The first-order valence-corrected chi connectivity index (χ1v) is 8.31. The highest BCUT2D eigenvalue weighted by molar-refractivity contribution is 9.10. The van der Waals surface area contributed by atoms with Gasteiger partial charge in [-0.1, -0.05) is 41.1 Å². The zero-order chi connectivity index (χ0) is 15.2. The lowest BCUT2D eigenvalue weighted by molar-refractivity contribution is -0.139. The van der Waals surface area contributed by atoms with Crippen LogP contribution in [0.2, 0.25) is 0 Å². The van der Waals surface area contributed by atoms with E-state index in [4.69, 9.17) is 5.11 Å². The number of likely N-dealkylation sites (N-methyl/N-ethyl adjacent to an activating group) is 1. The zero-order valence-corrected chi connectivity index (χ0v) is 14.1. The van der Waals surface area contributed by atoms with Crippen molar-refractivity contribution in [3.8, 4) is 0 Å². The molecule has 1 heterocycles. The van der Waals surface area contributed by atoms with Crippen LogP contribution in [0.1, 0.15) is 25.3 Å². The first kappa shape index (κ1) is 16.5. The van der Waals surface area contributed by atoms with Gasteiger partial charge in [-0.2, -0.15) is 0 Å². The lowest BCUT2D eigenvalue weighted by Crippen LogP contribution is -2.46. The monoisotopic (exact) mass is 354 g/mol. The molecule has 0 saturated carbocycles. The Labute approximate surface area is 134 Å². The molecule has 116 valence electrons. The summed E-state index contributed by atoms with van der Waals surface area (Å²) in [5.41, 5.74) is 1.31. The molecule has 1 fully saturated rings. The third-order valence-electron chi connectivity index (χ3n) is 4.17. The van der Waals surface area contributed by atoms with Gasteiger partial charge in [-0.25, -0.2) is 0 Å². The van der Waals surface area contributed by atoms with Crippen molar-refractivity contribution in [1.82, 2.24) is 9.80 Å². The highest BCUT2D eigenvalue weighted by Crippen LogP contribution is 2.22. The predicted octanol–water partition coefficient (Wildman–Crippen LogP) is 2.82. The van der Waals surface area contributed by atoms with E-state index in [2.05, 4.69) is 43.9 Å². The number of rotatable bonds is 6. The molecule has 0 unspecified atom stereocenters. The average molecular weight is 355 g/mol. The van der Waals surface area contributed by atoms with E-state index in [1.165, 1.54) is 5.56 Å². The van der Waals surface area contributed by atoms with E-state index >= 15 is 0 Å². The Balaban J connectivity index is 1.85. The summed E-state index contributed by atoms with van der Waals surface area (Å²) in [5, 5.41) is 8.97. The summed E-state index contributed by atoms with van der Waals surface area (Å²) in [6, 6.07) is 8.73. The van der Waals surface area contributed by atoms with Gasteiger partial charge in [-0.3, -0.25) is 14.6 Å². The minimum Gasteiger partial charge on any atom is -0.480 e. The molecule has 1 aliphatic rings. The lowest BCUT2D eigenvalue weighted by atomic mass is 10.0. The first-order valence-electron chi connectivity index (χ1n) is 7.51. The standard InChI is InChI=1S/C16H23BrN2O2/c1-2-19(12-16(20)21)14-7-9-18(10-8-14)11-13-5-3-4-6-15(13)17/h3-6,14H,2,7-12H2,1H3,(H,20,21). The SMILES string of the molecule is CCN(CC(=O)O)C1CCN(Cc2ccccc2Br)CC1. The number of likely N-dealkylation sites (tertiary alicyclic amines) is 1. The summed E-state index contributed by atoms with van der Waals surface area (Å²) in [6.45, 7) is 6.02. The maximum absolute atomic E-state index is 10.9. The van der Waals surface area contributed by atoms with Gasteiger partial charge in [0.15, 0.2) is 0 Å². The minimum atomic E-state index is -0.729. The van der Waals surface area contributed by atoms with E-state index in [1.54, 1.807) is 0 Å². The molecule has 0 bridgehead atoms. The van der Waals surface area contributed by atoms with Gasteiger partial charge in [0.1, 0.15) is 0 Å². The van der Waals surface area contributed by atoms with Gasteiger partial charge in [0, 0.05) is 17.1 Å². The number of nitrogens with zero attached hydrogens (tertiary/aromatic N) is 2. The highest BCUT2D eigenvalue weighted by atomic mass is 79.9. The fourth-order valence-electron chi connectivity index (χ4n) is 2.98. The summed E-state index contributed by atoms with van der Waals surface area (Å²) in [4.78, 5) is 15.4. The second-order valence-electron chi connectivity index (χ2n) is 5.56. The molecule has 1 N–H and O–H groups in total. The molecule has 0 amide bonds. The Morgan fingerprint density at radius 2 is 2.05 bits per heavy atom. The molecule has 21 heavy (non-hydrogen) atoms. The van der Waals surface area contributed by atoms with E-state index in [1.807, 2.05) is 13.0 Å². The van der Waals surface area contributed by atoms with Crippen molar-refractivity contribution in [2.45, 2.75) is 32.4 Å². The Hall–Kier alpha value is -0.910. The third-order valence-corrected chi connectivity index (χ3v) is 4.94. The maximum atomic E-state index is 10.9. The molecule has 1 aromatic carbocycles. The second kappa shape index (κ2) is 7.92. The van der Waals surface area contributed by atoms with Crippen LogP contribution in [-0.2, 0) is 11.3 Å². The van der Waals surface area contributed by atoms with Crippen LogP contribution in [0.5, 0.6) is 0 Å². The Kier molecular flexibility index (Phi) is 6.21. The number of carboxylic acids is 1. The van der Waals surface area contributed by atoms with Crippen LogP contribution in [0.4, 0.5) is 0 Å². The van der Waals surface area contributed by atoms with Crippen LogP contribution in [0, 0.1) is 0 Å². The Morgan fingerprint density at radius 3 is 2.62 bits per heavy atom. The molecule has 0 radical (unpaired) electrons. The van der Waals surface area contributed by atoms with Crippen molar-refractivity contribution in [3.63, 3.8) is 0 Å². The Morgan fingerprint density at radius 1 is 1.38 bits per heavy atom. The molecule has 1 aromatic rings. The fourth-order valence-corrected chi connectivity index (χ4v) is 3.39. The molecule has 0 spiro atoms. The van der Waals surface area contributed by atoms with Crippen molar-refractivity contribution in [3.05, 3.63) is 34.3 Å². The number of hydrogen-bond donors (Lipinski definition) is 1. The smallest absolute Gasteiger partial charge is 0.317 e. The van der Waals surface area contributed by atoms with Crippen molar-refractivity contribution in [1.29, 1.82) is 0 Å². The molecular formula is C16H23BrN2O2. The predicted molar refractivity (Wildman–Crippen MR) is 87.3 cm³/mol. The van der Waals surface area contributed by atoms with Gasteiger partial charge in [0.2, 0.25) is 0 Å². The number of piperidine rings is 1. The molecule has 1 saturated heterocycles. The van der Waals surface area contributed by atoms with Crippen LogP contribution >= 0.6 is 15.9 Å². The number of carbonyl (C=O) groups is 1. The average Bonchev–Trinajstić information content (AvgIpc) is 2.48. The molecule has 1 aliphatic heterocycles. The van der Waals surface area contributed by atoms with Crippen LogP contribution in [0.25, 0.3) is 0 Å². The summed E-state index contributed by atoms with van der Waals surface area (Å²) in [5.74, 6) is -0.729. The van der Waals surface area contributed by atoms with Crippen LogP contribution in [-0.4, -0.2) is 53.1 Å². The van der Waals surface area contributed by atoms with Gasteiger partial charge < -0.3 is 5.11 Å². The topological polar surface area (TPSA) is 43.8 Å². The van der Waals surface area contributed by atoms with Gasteiger partial charge in [-0.15, -0.1) is 0 Å². The number of carboxylic acid groups (broad SMARTS) is 1. The van der Waals surface area contributed by atoms with Crippen LogP contribution in [0.15, 0.2) is 28.7 Å². The molecule has 2 rings (SSSR count). The molecule has 4 nitrogen and oxygen atoms in total. The van der Waals surface area contributed by atoms with Gasteiger partial charge in [0.25, 0.3) is 0 Å². The number of aliphatic carboxylic acids is 1. The van der Waals surface area contributed by atoms with Crippen LogP contribution < -0.4 is 0 Å². The van der Waals surface area contributed by atoms with E-state index < -0.39 is 5.97 Å². The maximum Gasteiger partial charge on any atom is 0.317 e. The number of halogens is 1.